The van der Waals surface area contributed by atoms with Crippen molar-refractivity contribution in [1.82, 2.24) is 19.6 Å². The number of benzene rings is 2. The highest BCUT2D eigenvalue weighted by Gasteiger charge is 2.16. The van der Waals surface area contributed by atoms with Gasteiger partial charge in [-0.05, 0) is 30.2 Å². The highest BCUT2D eigenvalue weighted by atomic mass is 32.2. The molecule has 0 aliphatic carbocycles. The molecule has 26 heavy (non-hydrogen) atoms. The van der Waals surface area contributed by atoms with Crippen LogP contribution in [0, 0.1) is 12.7 Å². The molecule has 0 radical (unpaired) electrons. The van der Waals surface area contributed by atoms with Gasteiger partial charge in [-0.25, -0.2) is 9.37 Å². The minimum absolute atomic E-state index is 0.292. The van der Waals surface area contributed by atoms with Crippen molar-refractivity contribution in [2.24, 2.45) is 0 Å². The van der Waals surface area contributed by atoms with Gasteiger partial charge in [-0.1, -0.05) is 54.2 Å². The molecular formula is C19H16FN5S. The van der Waals surface area contributed by atoms with Crippen LogP contribution in [0.2, 0.25) is 0 Å². The maximum absolute atomic E-state index is 13.2. The maximum atomic E-state index is 13.2. The third-order valence-corrected chi connectivity index (χ3v) is 4.94. The summed E-state index contributed by atoms with van der Waals surface area (Å²) in [4.78, 5) is 8.98. The first-order valence-electron chi connectivity index (χ1n) is 8.07. The van der Waals surface area contributed by atoms with Crippen LogP contribution in [0.1, 0.15) is 11.3 Å². The van der Waals surface area contributed by atoms with E-state index in [9.17, 15) is 4.39 Å². The van der Waals surface area contributed by atoms with Crippen molar-refractivity contribution >= 4 is 23.4 Å². The molecule has 0 saturated carbocycles. The normalized spacial score (nSPS) is 11.2. The summed E-state index contributed by atoms with van der Waals surface area (Å²) < 4.78 is 14.7. The standard InChI is InChI=1S/C19H16FN5S/c1-12-16(14-7-9-15(20)10-8-14)17(21)25-18(22-12)23-19(24-25)26-11-13-5-3-2-4-6-13/h2-10H,11,21H2,1H3. The van der Waals surface area contributed by atoms with Gasteiger partial charge in [0.05, 0.1) is 5.69 Å². The van der Waals surface area contributed by atoms with E-state index in [1.54, 1.807) is 16.6 Å². The highest BCUT2D eigenvalue weighted by Crippen LogP contribution is 2.30. The summed E-state index contributed by atoms with van der Waals surface area (Å²) in [5, 5.41) is 5.09. The maximum Gasteiger partial charge on any atom is 0.255 e. The Kier molecular flexibility index (Phi) is 4.30. The van der Waals surface area contributed by atoms with E-state index in [-0.39, 0.29) is 5.82 Å². The number of rotatable bonds is 4. The van der Waals surface area contributed by atoms with Crippen LogP contribution in [-0.2, 0) is 5.75 Å². The van der Waals surface area contributed by atoms with Crippen molar-refractivity contribution in [2.75, 3.05) is 5.73 Å². The van der Waals surface area contributed by atoms with Crippen molar-refractivity contribution < 1.29 is 4.39 Å². The second-order valence-electron chi connectivity index (χ2n) is 5.84. The minimum Gasteiger partial charge on any atom is -0.383 e. The molecule has 0 aliphatic rings. The molecule has 0 amide bonds. The molecule has 4 aromatic rings. The first-order chi connectivity index (χ1) is 12.6. The fourth-order valence-electron chi connectivity index (χ4n) is 2.77. The van der Waals surface area contributed by atoms with E-state index >= 15 is 0 Å². The number of halogens is 1. The van der Waals surface area contributed by atoms with E-state index in [2.05, 4.69) is 27.2 Å². The first kappa shape index (κ1) is 16.5. The van der Waals surface area contributed by atoms with E-state index in [1.165, 1.54) is 29.5 Å². The second kappa shape index (κ2) is 6.76. The molecule has 5 nitrogen and oxygen atoms in total. The zero-order valence-electron chi connectivity index (χ0n) is 14.1. The molecule has 2 heterocycles. The Morgan fingerprint density at radius 2 is 1.77 bits per heavy atom. The Morgan fingerprint density at radius 1 is 1.04 bits per heavy atom. The lowest BCUT2D eigenvalue weighted by Crippen LogP contribution is -2.05. The summed E-state index contributed by atoms with van der Waals surface area (Å²) in [6, 6.07) is 16.3. The van der Waals surface area contributed by atoms with Crippen molar-refractivity contribution in [1.29, 1.82) is 0 Å². The third-order valence-electron chi connectivity index (χ3n) is 4.03. The second-order valence-corrected chi connectivity index (χ2v) is 6.79. The third kappa shape index (κ3) is 3.13. The van der Waals surface area contributed by atoms with Gasteiger partial charge in [-0.2, -0.15) is 9.50 Å². The van der Waals surface area contributed by atoms with E-state index in [1.807, 2.05) is 25.1 Å². The van der Waals surface area contributed by atoms with E-state index < -0.39 is 0 Å². The number of nitrogen functional groups attached to an aromatic ring is 1. The molecule has 0 spiro atoms. The molecule has 0 unspecified atom stereocenters. The molecule has 4 rings (SSSR count). The SMILES string of the molecule is Cc1nc2nc(SCc3ccccc3)nn2c(N)c1-c1ccc(F)cc1. The fourth-order valence-corrected chi connectivity index (χ4v) is 3.55. The van der Waals surface area contributed by atoms with Crippen molar-refractivity contribution in [3.05, 3.63) is 71.7 Å². The Hall–Kier alpha value is -2.93. The van der Waals surface area contributed by atoms with E-state index in [0.29, 0.717) is 16.8 Å². The van der Waals surface area contributed by atoms with E-state index in [4.69, 9.17) is 5.73 Å². The van der Waals surface area contributed by atoms with Gasteiger partial charge in [-0.3, -0.25) is 0 Å². The number of hydrogen-bond acceptors (Lipinski definition) is 5. The van der Waals surface area contributed by atoms with Gasteiger partial charge in [0.1, 0.15) is 11.6 Å². The average Bonchev–Trinajstić information content (AvgIpc) is 3.05. The summed E-state index contributed by atoms with van der Waals surface area (Å²) in [5.74, 6) is 1.38. The summed E-state index contributed by atoms with van der Waals surface area (Å²) >= 11 is 1.53. The van der Waals surface area contributed by atoms with Crippen molar-refractivity contribution in [3.63, 3.8) is 0 Å². The Bertz CT molecular complexity index is 1060. The molecule has 0 saturated heterocycles. The molecule has 130 valence electrons. The smallest absolute Gasteiger partial charge is 0.255 e. The number of thioether (sulfide) groups is 1. The van der Waals surface area contributed by atoms with Gasteiger partial charge in [0.2, 0.25) is 5.16 Å². The summed E-state index contributed by atoms with van der Waals surface area (Å²) in [6.07, 6.45) is 0. The zero-order valence-corrected chi connectivity index (χ0v) is 14.9. The molecule has 0 aliphatic heterocycles. The Morgan fingerprint density at radius 3 is 2.50 bits per heavy atom. The lowest BCUT2D eigenvalue weighted by molar-refractivity contribution is 0.628. The lowest BCUT2D eigenvalue weighted by Gasteiger charge is -2.09. The molecule has 2 N–H and O–H groups in total. The molecule has 0 bridgehead atoms. The predicted molar refractivity (Wildman–Crippen MR) is 101 cm³/mol. The quantitative estimate of drug-likeness (QED) is 0.551. The number of anilines is 1. The van der Waals surface area contributed by atoms with Crippen LogP contribution in [0.4, 0.5) is 10.2 Å². The van der Waals surface area contributed by atoms with Crippen LogP contribution in [0.5, 0.6) is 0 Å². The summed E-state index contributed by atoms with van der Waals surface area (Å²) in [6.45, 7) is 1.86. The van der Waals surface area contributed by atoms with Crippen molar-refractivity contribution in [2.45, 2.75) is 17.8 Å². The van der Waals surface area contributed by atoms with Crippen molar-refractivity contribution in [3.8, 4) is 11.1 Å². The van der Waals surface area contributed by atoms with Gasteiger partial charge in [0, 0.05) is 11.3 Å². The summed E-state index contributed by atoms with van der Waals surface area (Å²) in [5.41, 5.74) is 9.79. The van der Waals surface area contributed by atoms with Gasteiger partial charge in [0.15, 0.2) is 0 Å². The Balaban J connectivity index is 1.70. The largest absolute Gasteiger partial charge is 0.383 e. The zero-order chi connectivity index (χ0) is 18.1. The number of fused-ring (bicyclic) bond motifs is 1. The number of nitrogens with zero attached hydrogens (tertiary/aromatic N) is 4. The summed E-state index contributed by atoms with van der Waals surface area (Å²) in [7, 11) is 0. The molecular weight excluding hydrogens is 349 g/mol. The van der Waals surface area contributed by atoms with Crippen LogP contribution in [-0.4, -0.2) is 19.6 Å². The predicted octanol–water partition coefficient (Wildman–Crippen LogP) is 4.11. The average molecular weight is 365 g/mol. The minimum atomic E-state index is -0.292. The van der Waals surface area contributed by atoms with Gasteiger partial charge in [-0.15, -0.1) is 5.10 Å². The fraction of sp³-hybridized carbons (Fsp3) is 0.105. The van der Waals surface area contributed by atoms with Crippen LogP contribution >= 0.6 is 11.8 Å². The van der Waals surface area contributed by atoms with Crippen LogP contribution in [0.15, 0.2) is 59.8 Å². The highest BCUT2D eigenvalue weighted by molar-refractivity contribution is 7.98. The lowest BCUT2D eigenvalue weighted by atomic mass is 10.1. The molecule has 7 heteroatoms. The first-order valence-corrected chi connectivity index (χ1v) is 9.06. The topological polar surface area (TPSA) is 69.1 Å². The van der Waals surface area contributed by atoms with Crippen LogP contribution in [0.25, 0.3) is 16.9 Å². The number of hydrogen-bond donors (Lipinski definition) is 1. The molecule has 2 aromatic heterocycles. The van der Waals surface area contributed by atoms with Gasteiger partial charge < -0.3 is 5.73 Å². The molecule has 2 aromatic carbocycles. The van der Waals surface area contributed by atoms with Gasteiger partial charge in [0.25, 0.3) is 5.78 Å². The number of nitrogens with two attached hydrogens (primary N) is 1. The van der Waals surface area contributed by atoms with E-state index in [0.717, 1.165) is 22.6 Å². The number of aryl methyl sites for hydroxylation is 1. The monoisotopic (exact) mass is 365 g/mol. The molecule has 0 fully saturated rings. The van der Waals surface area contributed by atoms with Gasteiger partial charge >= 0.3 is 0 Å². The molecule has 0 atom stereocenters. The van der Waals surface area contributed by atoms with Crippen LogP contribution in [0.3, 0.4) is 0 Å². The number of aromatic nitrogens is 4. The van der Waals surface area contributed by atoms with Crippen LogP contribution < -0.4 is 5.73 Å². The Labute approximate surface area is 154 Å².